The fourth-order valence-electron chi connectivity index (χ4n) is 8.14. The molecule has 8 aromatic rings. The van der Waals surface area contributed by atoms with Crippen LogP contribution in [0.1, 0.15) is 119 Å². The molecule has 1 aliphatic heterocycles. The van der Waals surface area contributed by atoms with Gasteiger partial charge in [-0.3, -0.25) is 14.4 Å². The van der Waals surface area contributed by atoms with E-state index in [0.717, 1.165) is 116 Å². The first kappa shape index (κ1) is 55.0. The number of imidazole rings is 2. The summed E-state index contributed by atoms with van der Waals surface area (Å²) < 4.78 is 16.7. The summed E-state index contributed by atoms with van der Waals surface area (Å²) in [6, 6.07) is 35.9. The van der Waals surface area contributed by atoms with E-state index in [2.05, 4.69) is 69.6 Å². The van der Waals surface area contributed by atoms with Crippen molar-refractivity contribution < 1.29 is 33.7 Å². The SMILES string of the molecule is CCC(=O)CCCCCCOc1ccc(Nc2nc(Cc3ccccc3)c3[nH]cnc3n2)cc1.NOC1CCCCO1.O=C(O)CCCCCCOc1ccc(Nc2nc(Cc3ccccc3)c3[nH]cnc3n2)cc1. The lowest BCUT2D eigenvalue weighted by atomic mass is 10.1. The average Bonchev–Trinajstić information content (AvgIpc) is 4.14. The van der Waals surface area contributed by atoms with E-state index in [4.69, 9.17) is 35.2 Å². The number of anilines is 4. The van der Waals surface area contributed by atoms with Crippen LogP contribution in [0, 0.1) is 0 Å². The van der Waals surface area contributed by atoms with E-state index in [9.17, 15) is 9.59 Å². The van der Waals surface area contributed by atoms with E-state index in [1.165, 1.54) is 17.5 Å². The van der Waals surface area contributed by atoms with E-state index in [0.29, 0.717) is 67.9 Å². The van der Waals surface area contributed by atoms with Gasteiger partial charge in [0.15, 0.2) is 17.6 Å². The molecule has 5 heterocycles. The van der Waals surface area contributed by atoms with Crippen LogP contribution in [-0.4, -0.2) is 82.8 Å². The van der Waals surface area contributed by atoms with Crippen molar-refractivity contribution in [1.29, 1.82) is 0 Å². The molecule has 75 heavy (non-hydrogen) atoms. The molecule has 7 N–H and O–H groups in total. The smallest absolute Gasteiger partial charge is 0.303 e. The Morgan fingerprint density at radius 2 is 1.11 bits per heavy atom. The number of fused-ring (bicyclic) bond motifs is 2. The van der Waals surface area contributed by atoms with Crippen molar-refractivity contribution in [3.05, 3.63) is 144 Å². The molecule has 4 aromatic heterocycles. The van der Waals surface area contributed by atoms with Crippen LogP contribution in [-0.2, 0) is 32.0 Å². The van der Waals surface area contributed by atoms with Gasteiger partial charge in [-0.1, -0.05) is 93.3 Å². The number of ketones is 1. The predicted molar refractivity (Wildman–Crippen MR) is 290 cm³/mol. The number of aromatic nitrogens is 8. The Balaban J connectivity index is 0.000000190. The first-order valence-electron chi connectivity index (χ1n) is 26.0. The van der Waals surface area contributed by atoms with Crippen LogP contribution in [0.3, 0.4) is 0 Å². The van der Waals surface area contributed by atoms with Crippen molar-refractivity contribution in [2.24, 2.45) is 5.90 Å². The van der Waals surface area contributed by atoms with Gasteiger partial charge in [-0.25, -0.2) is 25.8 Å². The van der Waals surface area contributed by atoms with Crippen LogP contribution in [0.15, 0.2) is 122 Å². The number of aromatic amines is 2. The summed E-state index contributed by atoms with van der Waals surface area (Å²) in [5.41, 5.74) is 8.84. The first-order chi connectivity index (χ1) is 36.8. The number of rotatable bonds is 26. The molecule has 0 bridgehead atoms. The molecule has 1 aliphatic rings. The highest BCUT2D eigenvalue weighted by Gasteiger charge is 2.14. The molecule has 0 radical (unpaired) electrons. The predicted octanol–water partition coefficient (Wildman–Crippen LogP) is 11.5. The van der Waals surface area contributed by atoms with Gasteiger partial charge in [0.1, 0.15) is 28.3 Å². The Morgan fingerprint density at radius 1 is 0.627 bits per heavy atom. The largest absolute Gasteiger partial charge is 0.494 e. The summed E-state index contributed by atoms with van der Waals surface area (Å²) in [5, 5.41) is 15.2. The molecular weight excluding hydrogens is 951 g/mol. The fourth-order valence-corrected chi connectivity index (χ4v) is 8.14. The Kier molecular flexibility index (Phi) is 22.3. The van der Waals surface area contributed by atoms with E-state index in [1.807, 2.05) is 91.9 Å². The van der Waals surface area contributed by atoms with Gasteiger partial charge in [-0.15, -0.1) is 0 Å². The number of H-pyrrole nitrogens is 2. The summed E-state index contributed by atoms with van der Waals surface area (Å²) >= 11 is 0. The van der Waals surface area contributed by atoms with Gasteiger partial charge in [0.2, 0.25) is 11.9 Å². The topological polar surface area (TPSA) is 250 Å². The third-order valence-corrected chi connectivity index (χ3v) is 12.2. The second-order valence-electron chi connectivity index (χ2n) is 18.1. The van der Waals surface area contributed by atoms with Gasteiger partial charge >= 0.3 is 5.97 Å². The number of aliphatic carboxylic acids is 1. The number of hydrogen-bond acceptors (Lipinski definition) is 15. The van der Waals surface area contributed by atoms with Crippen LogP contribution in [0.5, 0.6) is 11.5 Å². The highest BCUT2D eigenvalue weighted by Crippen LogP contribution is 2.25. The summed E-state index contributed by atoms with van der Waals surface area (Å²) in [7, 11) is 0. The van der Waals surface area contributed by atoms with E-state index in [-0.39, 0.29) is 12.7 Å². The van der Waals surface area contributed by atoms with Crippen LogP contribution in [0.4, 0.5) is 23.3 Å². The zero-order valence-electron chi connectivity index (χ0n) is 42.7. The molecule has 18 nitrogen and oxygen atoms in total. The van der Waals surface area contributed by atoms with Gasteiger partial charge < -0.3 is 39.9 Å². The average molecular weight is 1020 g/mol. The molecule has 1 atom stereocenters. The van der Waals surface area contributed by atoms with E-state index < -0.39 is 5.97 Å². The number of carboxylic acids is 1. The number of hydrogen-bond donors (Lipinski definition) is 6. The minimum atomic E-state index is -0.734. The maximum absolute atomic E-state index is 11.3. The van der Waals surface area contributed by atoms with Crippen molar-refractivity contribution in [2.45, 2.75) is 116 Å². The zero-order chi connectivity index (χ0) is 52.3. The molecule has 18 heteroatoms. The number of carbonyl (C=O) groups excluding carboxylic acids is 1. The van der Waals surface area contributed by atoms with E-state index in [1.54, 1.807) is 12.7 Å². The Bertz CT molecular complexity index is 2910. The Morgan fingerprint density at radius 3 is 1.53 bits per heavy atom. The lowest BCUT2D eigenvalue weighted by molar-refractivity contribution is -0.164. The van der Waals surface area contributed by atoms with Gasteiger partial charge in [-0.2, -0.15) is 9.97 Å². The van der Waals surface area contributed by atoms with Gasteiger partial charge in [0.05, 0.1) is 37.3 Å². The highest BCUT2D eigenvalue weighted by molar-refractivity contribution is 5.78. The Labute approximate surface area is 437 Å². The first-order valence-corrected chi connectivity index (χ1v) is 26.0. The standard InChI is InChI=1S/C27H31N5O2.C25H27N5O3.C5H11NO2/c1-2-22(33)12-8-3-4-9-17-34-23-15-13-21(14-16-23)30-27-31-24(18-20-10-6-5-7-11-20)25-26(32-27)29-19-28-25;31-22(32)10-6-1-2-7-15-33-20-13-11-19(12-14-20)28-25-29-21(16-18-8-4-3-5-9-18)23-24(30-25)27-17-26-23;6-8-5-3-1-2-4-7-5/h5-7,10-11,13-16,19H,2-4,8-9,12,17-18H2,1H3,(H2,28,29,30,31,32);3-5,8-9,11-14,17H,1-2,6-7,10,15-16H2,(H,31,32)(H2,26,27,28,29,30);5H,1-4,6H2. The van der Waals surface area contributed by atoms with Crippen molar-refractivity contribution in [2.75, 3.05) is 30.5 Å². The molecule has 1 unspecified atom stereocenters. The third kappa shape index (κ3) is 18.9. The normalized spacial score (nSPS) is 13.0. The maximum Gasteiger partial charge on any atom is 0.303 e. The van der Waals surface area contributed by atoms with Crippen LogP contribution in [0.25, 0.3) is 22.3 Å². The summed E-state index contributed by atoms with van der Waals surface area (Å²) in [4.78, 5) is 59.8. The molecule has 0 saturated carbocycles. The molecule has 0 amide bonds. The number of nitrogens with two attached hydrogens (primary N) is 1. The zero-order valence-corrected chi connectivity index (χ0v) is 42.7. The number of carboxylic acid groups (broad SMARTS) is 1. The number of nitrogens with one attached hydrogen (secondary N) is 4. The van der Waals surface area contributed by atoms with Gasteiger partial charge in [-0.05, 0) is 98.2 Å². The lowest BCUT2D eigenvalue weighted by Crippen LogP contribution is -2.24. The monoisotopic (exact) mass is 1020 g/mol. The number of nitrogens with zero attached hydrogens (tertiary/aromatic N) is 6. The van der Waals surface area contributed by atoms with Gasteiger partial charge in [0, 0.05) is 56.5 Å². The Hall–Kier alpha value is -7.80. The van der Waals surface area contributed by atoms with Crippen molar-refractivity contribution in [3.63, 3.8) is 0 Å². The number of Topliss-reactive ketones (excluding diaryl/α,β-unsaturated/α-hetero) is 1. The summed E-state index contributed by atoms with van der Waals surface area (Å²) in [6.45, 7) is 4.00. The molecule has 0 aliphatic carbocycles. The second-order valence-corrected chi connectivity index (χ2v) is 18.1. The number of benzene rings is 4. The number of carbonyl (C=O) groups is 2. The van der Waals surface area contributed by atoms with Crippen LogP contribution >= 0.6 is 0 Å². The van der Waals surface area contributed by atoms with Crippen molar-refractivity contribution >= 4 is 57.4 Å². The van der Waals surface area contributed by atoms with Crippen molar-refractivity contribution in [3.8, 4) is 11.5 Å². The maximum atomic E-state index is 11.3. The van der Waals surface area contributed by atoms with E-state index >= 15 is 0 Å². The summed E-state index contributed by atoms with van der Waals surface area (Å²) in [5.74, 6) is 7.13. The molecule has 9 rings (SSSR count). The highest BCUT2D eigenvalue weighted by atomic mass is 16.7. The molecule has 0 spiro atoms. The lowest BCUT2D eigenvalue weighted by Gasteiger charge is -2.19. The minimum absolute atomic E-state index is 0.135. The van der Waals surface area contributed by atoms with Crippen LogP contribution < -0.4 is 26.0 Å². The molecule has 394 valence electrons. The number of unbranched alkanes of at least 4 members (excludes halogenated alkanes) is 6. The fraction of sp³-hybridized carbons (Fsp3) is 0.368. The molecular formula is C57H69N11O7. The summed E-state index contributed by atoms with van der Waals surface area (Å²) in [6.07, 6.45) is 17.0. The molecule has 1 fully saturated rings. The molecule has 1 saturated heterocycles. The molecule has 4 aromatic carbocycles. The second kappa shape index (κ2) is 30.4. The third-order valence-electron chi connectivity index (χ3n) is 12.2. The minimum Gasteiger partial charge on any atom is -0.494 e. The van der Waals surface area contributed by atoms with Crippen molar-refractivity contribution in [1.82, 2.24) is 39.9 Å². The van der Waals surface area contributed by atoms with Crippen LogP contribution in [0.2, 0.25) is 0 Å². The quantitative estimate of drug-likeness (QED) is 0.0218. The number of ether oxygens (including phenoxy) is 3. The van der Waals surface area contributed by atoms with Gasteiger partial charge in [0.25, 0.3) is 0 Å².